The predicted molar refractivity (Wildman–Crippen MR) is 180 cm³/mol. The number of carbonyl (C=O) groups excluding carboxylic acids is 1. The molecule has 0 aliphatic heterocycles. The second kappa shape index (κ2) is 14.3. The molecule has 250 valence electrons. The highest BCUT2D eigenvalue weighted by Crippen LogP contribution is 2.36. The highest BCUT2D eigenvalue weighted by atomic mass is 35.5. The van der Waals surface area contributed by atoms with E-state index in [1.165, 1.54) is 13.3 Å². The average molecular weight is 709 g/mol. The van der Waals surface area contributed by atoms with Crippen molar-refractivity contribution in [2.24, 2.45) is 5.73 Å². The van der Waals surface area contributed by atoms with E-state index in [1.54, 1.807) is 61.7 Å². The zero-order chi connectivity index (χ0) is 34.6. The van der Waals surface area contributed by atoms with Gasteiger partial charge in [-0.15, -0.1) is 0 Å². The molecule has 0 spiro atoms. The highest BCUT2D eigenvalue weighted by Gasteiger charge is 2.41. The zero-order valence-electron chi connectivity index (χ0n) is 25.6. The van der Waals surface area contributed by atoms with Gasteiger partial charge < -0.3 is 25.7 Å². The van der Waals surface area contributed by atoms with Gasteiger partial charge in [-0.2, -0.15) is 13.2 Å². The number of hydrogen-bond donors (Lipinski definition) is 3. The summed E-state index contributed by atoms with van der Waals surface area (Å²) in [6.45, 7) is 7.38. The van der Waals surface area contributed by atoms with Gasteiger partial charge in [-0.25, -0.2) is 18.4 Å². The zero-order valence-corrected chi connectivity index (χ0v) is 27.9. The SMILES string of the molecule is C=C(S/C=C(\N)C(F)(F)F)c1cccc(Oc2ccc(Nc3ncnc4ccn(CCNC(=O)C(C)(CC)S(C)(=O)=O)c34)cc2Cl)c1. The van der Waals surface area contributed by atoms with Crippen molar-refractivity contribution >= 4 is 66.6 Å². The Morgan fingerprint density at radius 2 is 1.94 bits per heavy atom. The predicted octanol–water partition coefficient (Wildman–Crippen LogP) is 7.02. The topological polar surface area (TPSA) is 141 Å². The van der Waals surface area contributed by atoms with Crippen LogP contribution in [0.3, 0.4) is 0 Å². The normalized spacial score (nSPS) is 13.6. The van der Waals surface area contributed by atoms with Crippen molar-refractivity contribution in [1.29, 1.82) is 0 Å². The molecule has 2 aromatic heterocycles. The molecule has 47 heavy (non-hydrogen) atoms. The number of aromatic nitrogens is 3. The molecule has 4 rings (SSSR count). The number of rotatable bonds is 13. The molecule has 1 unspecified atom stereocenters. The van der Waals surface area contributed by atoms with Gasteiger partial charge in [0, 0.05) is 41.5 Å². The molecule has 0 bridgehead atoms. The van der Waals surface area contributed by atoms with Crippen LogP contribution in [0.4, 0.5) is 24.7 Å². The van der Waals surface area contributed by atoms with Crippen LogP contribution < -0.4 is 21.1 Å². The van der Waals surface area contributed by atoms with E-state index in [-0.39, 0.29) is 18.0 Å². The fourth-order valence-electron chi connectivity index (χ4n) is 4.31. The number of carbonyl (C=O) groups is 1. The van der Waals surface area contributed by atoms with Gasteiger partial charge in [0.1, 0.15) is 33.8 Å². The quantitative estimate of drug-likeness (QED) is 0.134. The number of thioether (sulfide) groups is 1. The van der Waals surface area contributed by atoms with Gasteiger partial charge in [-0.05, 0) is 55.3 Å². The third kappa shape index (κ3) is 8.39. The molecule has 1 amide bonds. The molecule has 16 heteroatoms. The minimum atomic E-state index is -4.63. The van der Waals surface area contributed by atoms with Crippen molar-refractivity contribution in [2.75, 3.05) is 18.1 Å². The van der Waals surface area contributed by atoms with Crippen LogP contribution in [0.25, 0.3) is 15.9 Å². The van der Waals surface area contributed by atoms with Crippen LogP contribution in [0.5, 0.6) is 11.5 Å². The molecule has 2 aromatic carbocycles. The summed E-state index contributed by atoms with van der Waals surface area (Å²) >= 11 is 7.30. The van der Waals surface area contributed by atoms with Crippen molar-refractivity contribution in [1.82, 2.24) is 19.9 Å². The fraction of sp³-hybridized carbons (Fsp3) is 0.258. The van der Waals surface area contributed by atoms with E-state index in [2.05, 4.69) is 27.2 Å². The first kappa shape index (κ1) is 35.6. The fourth-order valence-corrected chi connectivity index (χ4v) is 6.12. The minimum absolute atomic E-state index is 0.141. The van der Waals surface area contributed by atoms with Gasteiger partial charge >= 0.3 is 6.18 Å². The monoisotopic (exact) mass is 708 g/mol. The number of hydrogen-bond acceptors (Lipinski definition) is 9. The number of allylic oxidation sites excluding steroid dienone is 1. The summed E-state index contributed by atoms with van der Waals surface area (Å²) in [6.07, 6.45) is -0.240. The molecule has 0 aliphatic carbocycles. The first-order valence-corrected chi connectivity index (χ1v) is 17.2. The number of sulfone groups is 1. The smallest absolute Gasteiger partial charge is 0.431 e. The van der Waals surface area contributed by atoms with Gasteiger partial charge in [-0.3, -0.25) is 4.79 Å². The van der Waals surface area contributed by atoms with E-state index in [0.717, 1.165) is 23.4 Å². The lowest BCUT2D eigenvalue weighted by molar-refractivity contribution is -0.123. The Labute approximate surface area is 279 Å². The number of halogens is 4. The lowest BCUT2D eigenvalue weighted by Gasteiger charge is -2.25. The number of amides is 1. The van der Waals surface area contributed by atoms with Gasteiger partial charge in [0.25, 0.3) is 0 Å². The maximum atomic E-state index is 12.7. The molecule has 4 N–H and O–H groups in total. The Hall–Kier alpha value is -4.21. The molecule has 2 heterocycles. The average Bonchev–Trinajstić information content (AvgIpc) is 3.43. The largest absolute Gasteiger partial charge is 0.456 e. The van der Waals surface area contributed by atoms with Crippen LogP contribution in [0, 0.1) is 0 Å². The van der Waals surface area contributed by atoms with Crippen LogP contribution in [0.2, 0.25) is 5.02 Å². The Bertz CT molecular complexity index is 1950. The van der Waals surface area contributed by atoms with Crippen LogP contribution in [0.1, 0.15) is 25.8 Å². The lowest BCUT2D eigenvalue weighted by Crippen LogP contribution is -2.50. The van der Waals surface area contributed by atoms with Crippen molar-refractivity contribution in [3.8, 4) is 11.5 Å². The van der Waals surface area contributed by atoms with Gasteiger partial charge in [0.15, 0.2) is 15.7 Å². The Kier molecular flexibility index (Phi) is 10.8. The molecular formula is C31H32ClF3N6O4S2. The van der Waals surface area contributed by atoms with E-state index in [0.29, 0.717) is 51.1 Å². The molecule has 4 aromatic rings. The molecular weight excluding hydrogens is 677 g/mol. The maximum Gasteiger partial charge on any atom is 0.431 e. The van der Waals surface area contributed by atoms with Crippen molar-refractivity contribution in [3.63, 3.8) is 0 Å². The van der Waals surface area contributed by atoms with Crippen LogP contribution in [-0.4, -0.2) is 52.6 Å². The Morgan fingerprint density at radius 3 is 2.60 bits per heavy atom. The van der Waals surface area contributed by atoms with Crippen LogP contribution in [-0.2, 0) is 21.2 Å². The maximum absolute atomic E-state index is 12.7. The van der Waals surface area contributed by atoms with Crippen LogP contribution >= 0.6 is 23.4 Å². The van der Waals surface area contributed by atoms with Crippen molar-refractivity contribution in [3.05, 3.63) is 89.3 Å². The standard InChI is InChI=1S/C31H32ClF3N6O4S2/c1-5-30(3,47(4,43)44)29(42)37-12-14-41-13-11-24-27(41)28(39-18-38-24)40-21-9-10-25(23(32)16-21)45-22-8-6-7-20(15-22)19(2)46-17-26(36)31(33,34)35/h6-11,13,15-18H,2,5,12,14,36H2,1,3-4H3,(H,37,42)(H,38,39,40)/b26-17-. The van der Waals surface area contributed by atoms with E-state index in [9.17, 15) is 26.4 Å². The second-order valence-corrected chi connectivity index (χ2v) is 14.4. The summed E-state index contributed by atoms with van der Waals surface area (Å²) in [6, 6.07) is 13.4. The highest BCUT2D eigenvalue weighted by molar-refractivity contribution is 8.10. The molecule has 1 atom stereocenters. The number of nitrogens with two attached hydrogens (primary N) is 1. The molecule has 0 saturated heterocycles. The number of benzene rings is 2. The van der Waals surface area contributed by atoms with Gasteiger partial charge in [0.2, 0.25) is 5.91 Å². The van der Waals surface area contributed by atoms with Gasteiger partial charge in [-0.1, -0.05) is 49.0 Å². The Balaban J connectivity index is 1.46. The third-order valence-corrected chi connectivity index (χ3v) is 10.7. The number of nitrogens with one attached hydrogen (secondary N) is 2. The van der Waals surface area contributed by atoms with E-state index in [1.807, 2.05) is 4.57 Å². The summed E-state index contributed by atoms with van der Waals surface area (Å²) < 4.78 is 68.8. The minimum Gasteiger partial charge on any atom is -0.456 e. The lowest BCUT2D eigenvalue weighted by atomic mass is 10.1. The number of nitrogens with zero attached hydrogens (tertiary/aromatic N) is 3. The van der Waals surface area contributed by atoms with Crippen molar-refractivity contribution < 1.29 is 31.1 Å². The first-order valence-electron chi connectivity index (χ1n) is 14.0. The summed E-state index contributed by atoms with van der Waals surface area (Å²) in [5.74, 6) is 0.616. The van der Waals surface area contributed by atoms with Gasteiger partial charge in [0.05, 0.1) is 10.5 Å². The summed E-state index contributed by atoms with van der Waals surface area (Å²) in [5, 5.41) is 7.01. The number of alkyl halides is 3. The number of fused-ring (bicyclic) bond motifs is 1. The Morgan fingerprint density at radius 1 is 1.19 bits per heavy atom. The number of anilines is 2. The number of ether oxygens (including phenoxy) is 1. The molecule has 0 fully saturated rings. The van der Waals surface area contributed by atoms with E-state index >= 15 is 0 Å². The molecule has 10 nitrogen and oxygen atoms in total. The second-order valence-electron chi connectivity index (χ2n) is 10.6. The first-order chi connectivity index (χ1) is 22.0. The summed E-state index contributed by atoms with van der Waals surface area (Å²) in [4.78, 5) is 21.8. The van der Waals surface area contributed by atoms with Crippen LogP contribution in [0.15, 0.2) is 78.7 Å². The van der Waals surface area contributed by atoms with Crippen molar-refractivity contribution in [2.45, 2.75) is 37.7 Å². The van der Waals surface area contributed by atoms with E-state index in [4.69, 9.17) is 22.1 Å². The molecule has 0 aliphatic rings. The third-order valence-electron chi connectivity index (χ3n) is 7.40. The summed E-state index contributed by atoms with van der Waals surface area (Å²) in [7, 11) is -3.62. The summed E-state index contributed by atoms with van der Waals surface area (Å²) in [5.41, 5.74) is 6.27. The van der Waals surface area contributed by atoms with E-state index < -0.39 is 32.4 Å². The molecule has 0 radical (unpaired) electrons. The molecule has 0 saturated carbocycles.